The van der Waals surface area contributed by atoms with Gasteiger partial charge < -0.3 is 0 Å². The molecular weight excluding hydrogens is 150 g/mol. The lowest BCUT2D eigenvalue weighted by Crippen LogP contribution is -2.04. The molecule has 1 aliphatic rings. The summed E-state index contributed by atoms with van der Waals surface area (Å²) in [5.74, 6) is 2.33. The van der Waals surface area contributed by atoms with E-state index in [0.29, 0.717) is 0 Å². The Hall–Kier alpha value is 0.400. The fraction of sp³-hybridized carbons (Fsp3) is 0.667. The largest absolute Gasteiger partial charge is 0.240 e. The maximum Gasteiger partial charge on any atom is 0.0549 e. The lowest BCUT2D eigenvalue weighted by Gasteiger charge is -2.07. The highest BCUT2D eigenvalue weighted by Gasteiger charge is 2.02. The van der Waals surface area contributed by atoms with Crippen LogP contribution in [0, 0.1) is 0 Å². The van der Waals surface area contributed by atoms with Gasteiger partial charge in [-0.2, -0.15) is 0 Å². The summed E-state index contributed by atoms with van der Waals surface area (Å²) in [6.07, 6.45) is 0. The Kier molecular flexibility index (Phi) is 2.95. The van der Waals surface area contributed by atoms with Crippen LogP contribution in [0.5, 0.6) is 0 Å². The zero-order chi connectivity index (χ0) is 6.69. The number of thioether (sulfide) groups is 1. The Morgan fingerprint density at radius 1 is 1.67 bits per heavy atom. The van der Waals surface area contributed by atoms with E-state index in [-0.39, 0.29) is 0 Å². The Balaban J connectivity index is 2.42. The summed E-state index contributed by atoms with van der Waals surface area (Å²) in [6.45, 7) is 2.18. The predicted molar refractivity (Wildman–Crippen MR) is 46.4 cm³/mol. The molecule has 0 aromatic carbocycles. The van der Waals surface area contributed by atoms with Crippen molar-refractivity contribution in [2.75, 3.05) is 18.7 Å². The second-order valence-electron chi connectivity index (χ2n) is 2.18. The normalized spacial score (nSPS) is 23.1. The van der Waals surface area contributed by atoms with Crippen LogP contribution in [0.4, 0.5) is 0 Å². The maximum absolute atomic E-state index is 2.24. The molecule has 52 valence electrons. The molecule has 1 nitrogen and oxygen atoms in total. The SMILES string of the molecule is CC1=CSN(C)CSC1. The van der Waals surface area contributed by atoms with Gasteiger partial charge in [-0.05, 0) is 31.3 Å². The van der Waals surface area contributed by atoms with Gasteiger partial charge in [-0.1, -0.05) is 5.57 Å². The Bertz CT molecular complexity index is 122. The first kappa shape index (κ1) is 7.51. The Labute approximate surface area is 65.0 Å². The quantitative estimate of drug-likeness (QED) is 0.501. The molecule has 0 unspecified atom stereocenters. The lowest BCUT2D eigenvalue weighted by molar-refractivity contribution is 0.682. The van der Waals surface area contributed by atoms with Gasteiger partial charge in [-0.15, -0.1) is 11.8 Å². The summed E-state index contributed by atoms with van der Waals surface area (Å²) >= 11 is 3.77. The van der Waals surface area contributed by atoms with E-state index >= 15 is 0 Å². The van der Waals surface area contributed by atoms with Crippen molar-refractivity contribution in [3.05, 3.63) is 11.0 Å². The predicted octanol–water partition coefficient (Wildman–Crippen LogP) is 2.17. The summed E-state index contributed by atoms with van der Waals surface area (Å²) in [6, 6.07) is 0. The van der Waals surface area contributed by atoms with Gasteiger partial charge in [0.15, 0.2) is 0 Å². The third kappa shape index (κ3) is 2.65. The Morgan fingerprint density at radius 2 is 2.44 bits per heavy atom. The molecular formula is C6H11NS2. The average molecular weight is 161 g/mol. The molecule has 9 heavy (non-hydrogen) atoms. The van der Waals surface area contributed by atoms with Crippen LogP contribution in [0.2, 0.25) is 0 Å². The molecule has 0 radical (unpaired) electrons. The van der Waals surface area contributed by atoms with Crippen LogP contribution in [-0.2, 0) is 0 Å². The van der Waals surface area contributed by atoms with Gasteiger partial charge in [0, 0.05) is 5.75 Å². The third-order valence-corrected chi connectivity index (χ3v) is 3.43. The molecule has 3 heteroatoms. The minimum Gasteiger partial charge on any atom is -0.240 e. The fourth-order valence-electron chi connectivity index (χ4n) is 0.580. The van der Waals surface area contributed by atoms with Crippen molar-refractivity contribution in [3.8, 4) is 0 Å². The van der Waals surface area contributed by atoms with Crippen LogP contribution >= 0.6 is 23.7 Å². The van der Waals surface area contributed by atoms with E-state index in [1.807, 2.05) is 11.8 Å². The van der Waals surface area contributed by atoms with Crippen molar-refractivity contribution in [1.29, 1.82) is 0 Å². The van der Waals surface area contributed by atoms with Crippen molar-refractivity contribution in [3.63, 3.8) is 0 Å². The first-order valence-electron chi connectivity index (χ1n) is 2.90. The molecule has 0 aliphatic carbocycles. The van der Waals surface area contributed by atoms with E-state index in [2.05, 4.69) is 23.7 Å². The van der Waals surface area contributed by atoms with Crippen LogP contribution in [0.1, 0.15) is 6.92 Å². The molecule has 1 rings (SSSR count). The highest BCUT2D eigenvalue weighted by atomic mass is 32.2. The van der Waals surface area contributed by atoms with Gasteiger partial charge in [0.05, 0.1) is 5.88 Å². The smallest absolute Gasteiger partial charge is 0.0549 e. The van der Waals surface area contributed by atoms with Crippen LogP contribution in [0.15, 0.2) is 11.0 Å². The monoisotopic (exact) mass is 161 g/mol. The van der Waals surface area contributed by atoms with Crippen molar-refractivity contribution in [2.45, 2.75) is 6.92 Å². The minimum atomic E-state index is 1.14. The highest BCUT2D eigenvalue weighted by molar-refractivity contribution is 8.03. The molecule has 0 saturated heterocycles. The van der Waals surface area contributed by atoms with Crippen molar-refractivity contribution in [1.82, 2.24) is 4.31 Å². The highest BCUT2D eigenvalue weighted by Crippen LogP contribution is 2.22. The minimum absolute atomic E-state index is 1.14. The van der Waals surface area contributed by atoms with Gasteiger partial charge in [-0.3, -0.25) is 0 Å². The maximum atomic E-state index is 2.24. The average Bonchev–Trinajstić information content (AvgIpc) is 1.97. The molecule has 0 aromatic rings. The van der Waals surface area contributed by atoms with E-state index < -0.39 is 0 Å². The number of hydrogen-bond donors (Lipinski definition) is 0. The lowest BCUT2D eigenvalue weighted by atomic mass is 10.4. The molecule has 0 saturated carbocycles. The topological polar surface area (TPSA) is 3.24 Å². The zero-order valence-corrected chi connectivity index (χ0v) is 7.39. The summed E-state index contributed by atoms with van der Waals surface area (Å²) in [5.41, 5.74) is 1.48. The zero-order valence-electron chi connectivity index (χ0n) is 5.76. The molecule has 0 spiro atoms. The summed E-state index contributed by atoms with van der Waals surface area (Å²) in [5, 5.41) is 2.22. The van der Waals surface area contributed by atoms with Gasteiger partial charge in [0.1, 0.15) is 0 Å². The van der Waals surface area contributed by atoms with Gasteiger partial charge in [0.2, 0.25) is 0 Å². The molecule has 0 aromatic heterocycles. The van der Waals surface area contributed by atoms with E-state index in [4.69, 9.17) is 0 Å². The number of nitrogens with zero attached hydrogens (tertiary/aromatic N) is 1. The molecule has 0 atom stereocenters. The first-order valence-corrected chi connectivity index (χ1v) is 4.89. The Morgan fingerprint density at radius 3 is 3.22 bits per heavy atom. The van der Waals surface area contributed by atoms with Gasteiger partial charge in [0.25, 0.3) is 0 Å². The molecule has 1 aliphatic heterocycles. The van der Waals surface area contributed by atoms with E-state index in [0.717, 1.165) is 5.88 Å². The van der Waals surface area contributed by atoms with E-state index in [9.17, 15) is 0 Å². The molecule has 0 fully saturated rings. The van der Waals surface area contributed by atoms with Crippen LogP contribution in [0.3, 0.4) is 0 Å². The fourth-order valence-corrected chi connectivity index (χ4v) is 2.35. The van der Waals surface area contributed by atoms with Crippen molar-refractivity contribution in [2.24, 2.45) is 0 Å². The molecule has 0 bridgehead atoms. The number of rotatable bonds is 0. The standard InChI is InChI=1S/C6H11NS2/c1-6-3-8-5-7(2)9-4-6/h4H,3,5H2,1-2H3. The van der Waals surface area contributed by atoms with Crippen LogP contribution < -0.4 is 0 Å². The second-order valence-corrected chi connectivity index (χ2v) is 4.20. The van der Waals surface area contributed by atoms with E-state index in [1.165, 1.54) is 11.3 Å². The number of hydrogen-bond acceptors (Lipinski definition) is 3. The van der Waals surface area contributed by atoms with Crippen molar-refractivity contribution < 1.29 is 0 Å². The first-order chi connectivity index (χ1) is 4.29. The van der Waals surface area contributed by atoms with Crippen molar-refractivity contribution >= 4 is 23.7 Å². The van der Waals surface area contributed by atoms with Gasteiger partial charge in [-0.25, -0.2) is 4.31 Å². The second kappa shape index (κ2) is 3.54. The molecule has 0 amide bonds. The summed E-state index contributed by atoms with van der Waals surface area (Å²) < 4.78 is 2.24. The van der Waals surface area contributed by atoms with Crippen LogP contribution in [0.25, 0.3) is 0 Å². The summed E-state index contributed by atoms with van der Waals surface area (Å²) in [7, 11) is 2.12. The van der Waals surface area contributed by atoms with E-state index in [1.54, 1.807) is 11.9 Å². The summed E-state index contributed by atoms with van der Waals surface area (Å²) in [4.78, 5) is 0. The molecule has 1 heterocycles. The van der Waals surface area contributed by atoms with Gasteiger partial charge >= 0.3 is 0 Å². The van der Waals surface area contributed by atoms with Crippen LogP contribution in [-0.4, -0.2) is 23.0 Å². The molecule has 0 N–H and O–H groups in total. The third-order valence-electron chi connectivity index (χ3n) is 1.04.